The molecule has 1 N–H and O–H groups in total. The summed E-state index contributed by atoms with van der Waals surface area (Å²) in [5, 5.41) is -0.535. The standard InChI is InChI=1S/C15H10F5N3O3/c1-2-26-13(25)9-6-23-10(21-9)4-3-7-8(5-11(24)22-12(7)23)14(16,17)15(18,19)20/h3-6H,2H2,1H3,(H,22,24). The maximum Gasteiger partial charge on any atom is 0.458 e. The molecule has 0 aromatic carbocycles. The number of hydrogen-bond acceptors (Lipinski definition) is 4. The molecule has 6 nitrogen and oxygen atoms in total. The number of hydrogen-bond donors (Lipinski definition) is 1. The molecule has 0 spiro atoms. The number of carbonyl (C=O) groups excluding carboxylic acids is 1. The third-order valence-electron chi connectivity index (χ3n) is 3.61. The first-order valence-electron chi connectivity index (χ1n) is 7.23. The predicted octanol–water partition coefficient (Wildman–Crippen LogP) is 3.01. The molecule has 3 rings (SSSR count). The van der Waals surface area contributed by atoms with Gasteiger partial charge in [0.2, 0.25) is 5.56 Å². The number of imidazole rings is 1. The summed E-state index contributed by atoms with van der Waals surface area (Å²) in [5.41, 5.74) is -3.12. The van der Waals surface area contributed by atoms with Crippen LogP contribution in [0.5, 0.6) is 0 Å². The van der Waals surface area contributed by atoms with Crippen LogP contribution in [0.1, 0.15) is 23.0 Å². The van der Waals surface area contributed by atoms with E-state index in [1.165, 1.54) is 0 Å². The van der Waals surface area contributed by atoms with Gasteiger partial charge in [-0.3, -0.25) is 9.20 Å². The summed E-state index contributed by atoms with van der Waals surface area (Å²) in [4.78, 5) is 29.5. The van der Waals surface area contributed by atoms with Gasteiger partial charge in [0.15, 0.2) is 5.69 Å². The van der Waals surface area contributed by atoms with Gasteiger partial charge >= 0.3 is 18.1 Å². The van der Waals surface area contributed by atoms with Crippen LogP contribution >= 0.6 is 0 Å². The number of nitrogens with one attached hydrogen (secondary N) is 1. The van der Waals surface area contributed by atoms with Crippen molar-refractivity contribution in [2.45, 2.75) is 19.0 Å². The minimum Gasteiger partial charge on any atom is -0.461 e. The minimum atomic E-state index is -5.88. The van der Waals surface area contributed by atoms with Gasteiger partial charge in [0, 0.05) is 23.2 Å². The van der Waals surface area contributed by atoms with Crippen molar-refractivity contribution in [2.75, 3.05) is 6.61 Å². The second kappa shape index (κ2) is 5.78. The van der Waals surface area contributed by atoms with Crippen LogP contribution in [0, 0.1) is 0 Å². The van der Waals surface area contributed by atoms with Gasteiger partial charge in [-0.1, -0.05) is 0 Å². The molecule has 3 aromatic heterocycles. The van der Waals surface area contributed by atoms with E-state index in [0.717, 1.165) is 22.7 Å². The van der Waals surface area contributed by atoms with E-state index in [-0.39, 0.29) is 29.7 Å². The van der Waals surface area contributed by atoms with Crippen molar-refractivity contribution < 1.29 is 31.5 Å². The molecule has 0 aliphatic heterocycles. The summed E-state index contributed by atoms with van der Waals surface area (Å²) >= 11 is 0. The Labute approximate surface area is 141 Å². The van der Waals surface area contributed by atoms with Gasteiger partial charge in [-0.05, 0) is 19.1 Å². The van der Waals surface area contributed by atoms with Gasteiger partial charge in [-0.2, -0.15) is 22.0 Å². The molecule has 11 heteroatoms. The summed E-state index contributed by atoms with van der Waals surface area (Å²) in [6.45, 7) is 1.62. The molecule has 0 unspecified atom stereocenters. The quantitative estimate of drug-likeness (QED) is 0.564. The van der Waals surface area contributed by atoms with E-state index in [1.54, 1.807) is 6.92 Å². The normalized spacial score (nSPS) is 12.7. The second-order valence-electron chi connectivity index (χ2n) is 5.29. The topological polar surface area (TPSA) is 76.5 Å². The number of carbonyl (C=O) groups is 1. The average molecular weight is 375 g/mol. The fraction of sp³-hybridized carbons (Fsp3) is 0.267. The van der Waals surface area contributed by atoms with Crippen molar-refractivity contribution in [1.82, 2.24) is 14.4 Å². The number of aromatic amines is 1. The summed E-state index contributed by atoms with van der Waals surface area (Å²) in [7, 11) is 0. The largest absolute Gasteiger partial charge is 0.461 e. The van der Waals surface area contributed by atoms with Gasteiger partial charge in [0.05, 0.1) is 6.61 Å². The van der Waals surface area contributed by atoms with Crippen molar-refractivity contribution in [3.8, 4) is 0 Å². The van der Waals surface area contributed by atoms with Gasteiger partial charge in [0.25, 0.3) is 0 Å². The number of rotatable bonds is 3. The second-order valence-corrected chi connectivity index (χ2v) is 5.29. The van der Waals surface area contributed by atoms with Crippen LogP contribution in [0.4, 0.5) is 22.0 Å². The highest BCUT2D eigenvalue weighted by Crippen LogP contribution is 2.45. The van der Waals surface area contributed by atoms with Crippen LogP contribution in [-0.2, 0) is 10.7 Å². The van der Waals surface area contributed by atoms with Crippen molar-refractivity contribution in [1.29, 1.82) is 0 Å². The molecule has 0 amide bonds. The number of H-pyrrole nitrogens is 1. The monoisotopic (exact) mass is 375 g/mol. The zero-order valence-electron chi connectivity index (χ0n) is 13.0. The molecule has 138 valence electrons. The van der Waals surface area contributed by atoms with Gasteiger partial charge < -0.3 is 9.72 Å². The van der Waals surface area contributed by atoms with Crippen LogP contribution in [0.25, 0.3) is 16.7 Å². The van der Waals surface area contributed by atoms with E-state index in [0.29, 0.717) is 0 Å². The Bertz CT molecular complexity index is 1070. The summed E-state index contributed by atoms with van der Waals surface area (Å²) < 4.78 is 71.7. The van der Waals surface area contributed by atoms with Crippen molar-refractivity contribution in [3.63, 3.8) is 0 Å². The molecule has 0 aliphatic carbocycles. The third-order valence-corrected chi connectivity index (χ3v) is 3.61. The van der Waals surface area contributed by atoms with Crippen molar-refractivity contribution in [2.24, 2.45) is 0 Å². The lowest BCUT2D eigenvalue weighted by molar-refractivity contribution is -0.288. The maximum absolute atomic E-state index is 13.8. The number of alkyl halides is 5. The number of ether oxygens (including phenoxy) is 1. The Balaban J connectivity index is 2.33. The Morgan fingerprint density at radius 3 is 2.58 bits per heavy atom. The number of nitrogens with zero attached hydrogens (tertiary/aromatic N) is 2. The number of halogens is 5. The molecule has 0 saturated heterocycles. The SMILES string of the molecule is CCOC(=O)c1cn2c(ccc3c(C(F)(F)C(F)(F)F)cc(=O)[nH]c32)n1. The van der Waals surface area contributed by atoms with Crippen LogP contribution in [0.3, 0.4) is 0 Å². The van der Waals surface area contributed by atoms with Gasteiger partial charge in [-0.15, -0.1) is 0 Å². The first-order chi connectivity index (χ1) is 12.1. The van der Waals surface area contributed by atoms with Crippen molar-refractivity contribution >= 4 is 22.6 Å². The molecule has 3 aromatic rings. The molecule has 0 aliphatic rings. The van der Waals surface area contributed by atoms with Gasteiger partial charge in [-0.25, -0.2) is 9.78 Å². The number of pyridine rings is 2. The van der Waals surface area contributed by atoms with Crippen LogP contribution in [0.2, 0.25) is 0 Å². The van der Waals surface area contributed by atoms with E-state index in [1.807, 2.05) is 0 Å². The number of fused-ring (bicyclic) bond motifs is 3. The highest BCUT2D eigenvalue weighted by Gasteiger charge is 2.59. The molecular weight excluding hydrogens is 365 g/mol. The Morgan fingerprint density at radius 2 is 1.96 bits per heavy atom. The summed E-state index contributed by atoms with van der Waals surface area (Å²) in [6, 6.07) is 2.32. The van der Waals surface area contributed by atoms with Gasteiger partial charge in [0.1, 0.15) is 11.3 Å². The Morgan fingerprint density at radius 1 is 1.27 bits per heavy atom. The molecule has 26 heavy (non-hydrogen) atoms. The number of esters is 1. The summed E-state index contributed by atoms with van der Waals surface area (Å²) in [6.07, 6.45) is -4.80. The molecule has 0 fully saturated rings. The van der Waals surface area contributed by atoms with Crippen LogP contribution in [0.15, 0.2) is 29.2 Å². The first-order valence-corrected chi connectivity index (χ1v) is 7.23. The first kappa shape index (κ1) is 17.8. The molecule has 0 radical (unpaired) electrons. The predicted molar refractivity (Wildman–Crippen MR) is 79.2 cm³/mol. The van der Waals surface area contributed by atoms with E-state index < -0.39 is 34.6 Å². The smallest absolute Gasteiger partial charge is 0.458 e. The Hall–Kier alpha value is -2.98. The molecule has 3 heterocycles. The maximum atomic E-state index is 13.8. The van der Waals surface area contributed by atoms with E-state index in [2.05, 4.69) is 9.97 Å². The Kier molecular flexibility index (Phi) is 3.97. The molecule has 0 saturated carbocycles. The van der Waals surface area contributed by atoms with Crippen molar-refractivity contribution in [3.05, 3.63) is 46.0 Å². The highest BCUT2D eigenvalue weighted by atomic mass is 19.4. The lowest BCUT2D eigenvalue weighted by Crippen LogP contribution is -2.35. The average Bonchev–Trinajstić information content (AvgIpc) is 2.98. The van der Waals surface area contributed by atoms with Crippen LogP contribution < -0.4 is 5.56 Å². The fourth-order valence-corrected chi connectivity index (χ4v) is 2.48. The molecular formula is C15H10F5N3O3. The number of aromatic nitrogens is 3. The zero-order chi connectivity index (χ0) is 19.3. The third kappa shape index (κ3) is 2.68. The van der Waals surface area contributed by atoms with Crippen LogP contribution in [-0.4, -0.2) is 33.1 Å². The van der Waals surface area contributed by atoms with E-state index >= 15 is 0 Å². The van der Waals surface area contributed by atoms with E-state index in [9.17, 15) is 31.5 Å². The minimum absolute atomic E-state index is 0.0590. The van der Waals surface area contributed by atoms with E-state index in [4.69, 9.17) is 4.74 Å². The molecule has 0 bridgehead atoms. The summed E-state index contributed by atoms with van der Waals surface area (Å²) in [5.74, 6) is -6.04. The fourth-order valence-electron chi connectivity index (χ4n) is 2.48. The lowest BCUT2D eigenvalue weighted by atomic mass is 10.0. The molecule has 0 atom stereocenters. The zero-order valence-corrected chi connectivity index (χ0v) is 13.0. The lowest BCUT2D eigenvalue weighted by Gasteiger charge is -2.21. The highest BCUT2D eigenvalue weighted by molar-refractivity contribution is 5.89.